The fraction of sp³-hybridized carbons (Fsp3) is 0.625. The lowest BCUT2D eigenvalue weighted by atomic mass is 9.93. The molecule has 1 unspecified atom stereocenters. The van der Waals surface area contributed by atoms with Crippen LogP contribution in [-0.4, -0.2) is 19.6 Å². The molecule has 1 heterocycles. The molecule has 0 saturated carbocycles. The Hall–Kier alpha value is -1.09. The molecule has 1 atom stereocenters. The van der Waals surface area contributed by atoms with Crippen LogP contribution in [0, 0.1) is 11.2 Å². The molecule has 1 aliphatic rings. The van der Waals surface area contributed by atoms with E-state index in [0.717, 1.165) is 37.3 Å². The first-order valence-electron chi connectivity index (χ1n) is 7.21. The topological polar surface area (TPSA) is 15.3 Å². The number of hydrogen-bond acceptors (Lipinski definition) is 2. The molecule has 106 valence electrons. The number of benzene rings is 1. The molecule has 0 bridgehead atoms. The highest BCUT2D eigenvalue weighted by Gasteiger charge is 2.30. The van der Waals surface area contributed by atoms with Gasteiger partial charge in [0.2, 0.25) is 0 Å². The van der Waals surface area contributed by atoms with Gasteiger partial charge in [0.25, 0.3) is 0 Å². The van der Waals surface area contributed by atoms with Gasteiger partial charge in [-0.25, -0.2) is 4.39 Å². The van der Waals surface area contributed by atoms with Gasteiger partial charge in [-0.15, -0.1) is 0 Å². The van der Waals surface area contributed by atoms with Crippen LogP contribution >= 0.6 is 0 Å². The van der Waals surface area contributed by atoms with Crippen molar-refractivity contribution in [2.75, 3.05) is 24.5 Å². The molecule has 0 amide bonds. The van der Waals surface area contributed by atoms with Crippen LogP contribution in [0.4, 0.5) is 10.1 Å². The van der Waals surface area contributed by atoms with E-state index in [2.05, 4.69) is 37.9 Å². The molecule has 19 heavy (non-hydrogen) atoms. The summed E-state index contributed by atoms with van der Waals surface area (Å²) in [6.45, 7) is 11.4. The number of nitrogens with zero attached hydrogens (tertiary/aromatic N) is 1. The number of halogens is 1. The summed E-state index contributed by atoms with van der Waals surface area (Å²) in [5.41, 5.74) is 2.06. The molecule has 2 rings (SSSR count). The molecule has 0 aromatic heterocycles. The van der Waals surface area contributed by atoms with E-state index in [9.17, 15) is 4.39 Å². The van der Waals surface area contributed by atoms with Gasteiger partial charge < -0.3 is 10.2 Å². The van der Waals surface area contributed by atoms with Gasteiger partial charge in [0.1, 0.15) is 5.82 Å². The van der Waals surface area contributed by atoms with Crippen molar-refractivity contribution in [2.45, 2.75) is 40.2 Å². The average Bonchev–Trinajstić information content (AvgIpc) is 2.69. The molecule has 1 aliphatic heterocycles. The lowest BCUT2D eigenvalue weighted by Crippen LogP contribution is -2.24. The summed E-state index contributed by atoms with van der Waals surface area (Å²) in [7, 11) is 0. The maximum atomic E-state index is 14.3. The number of hydrogen-bond donors (Lipinski definition) is 1. The second kappa shape index (κ2) is 5.49. The van der Waals surface area contributed by atoms with E-state index in [0.29, 0.717) is 5.41 Å². The Bertz CT molecular complexity index is 442. The highest BCUT2D eigenvalue weighted by molar-refractivity contribution is 5.50. The number of anilines is 1. The molecular formula is C16H25FN2. The predicted octanol–water partition coefficient (Wildman–Crippen LogP) is 3.73. The molecule has 1 saturated heterocycles. The van der Waals surface area contributed by atoms with Crippen molar-refractivity contribution >= 4 is 5.69 Å². The molecule has 3 heteroatoms. The Morgan fingerprint density at radius 1 is 1.42 bits per heavy atom. The summed E-state index contributed by atoms with van der Waals surface area (Å²) in [6, 6.07) is 5.84. The number of nitrogens with one attached hydrogen (secondary N) is 1. The lowest BCUT2D eigenvalue weighted by Gasteiger charge is -2.23. The van der Waals surface area contributed by atoms with Crippen LogP contribution in [0.25, 0.3) is 0 Å². The first kappa shape index (κ1) is 14.3. The predicted molar refractivity (Wildman–Crippen MR) is 79.1 cm³/mol. The standard InChI is InChI=1S/C16H25FN2/c1-5-18-12(2)13-6-7-15(14(17)10-13)19-9-8-16(3,4)11-19/h6-7,10,12,18H,5,8-9,11H2,1-4H3. The normalized spacial score (nSPS) is 19.7. The van der Waals surface area contributed by atoms with Crippen LogP contribution in [0.15, 0.2) is 18.2 Å². The van der Waals surface area contributed by atoms with Gasteiger partial charge in [0.15, 0.2) is 0 Å². The third kappa shape index (κ3) is 3.27. The van der Waals surface area contributed by atoms with E-state index < -0.39 is 0 Å². The van der Waals surface area contributed by atoms with Crippen LogP contribution in [0.5, 0.6) is 0 Å². The number of rotatable bonds is 4. The van der Waals surface area contributed by atoms with Gasteiger partial charge >= 0.3 is 0 Å². The third-order valence-corrected chi connectivity index (χ3v) is 4.00. The summed E-state index contributed by atoms with van der Waals surface area (Å²) in [6.07, 6.45) is 1.13. The summed E-state index contributed by atoms with van der Waals surface area (Å²) >= 11 is 0. The molecule has 0 spiro atoms. The fourth-order valence-corrected chi connectivity index (χ4v) is 2.79. The van der Waals surface area contributed by atoms with Crippen LogP contribution in [-0.2, 0) is 0 Å². The van der Waals surface area contributed by atoms with E-state index in [1.54, 1.807) is 6.07 Å². The van der Waals surface area contributed by atoms with E-state index in [1.165, 1.54) is 0 Å². The Morgan fingerprint density at radius 2 is 2.16 bits per heavy atom. The lowest BCUT2D eigenvalue weighted by molar-refractivity contribution is 0.418. The van der Waals surface area contributed by atoms with E-state index in [-0.39, 0.29) is 11.9 Å². The van der Waals surface area contributed by atoms with Gasteiger partial charge in [0.05, 0.1) is 5.69 Å². The van der Waals surface area contributed by atoms with Gasteiger partial charge in [0, 0.05) is 19.1 Å². The minimum Gasteiger partial charge on any atom is -0.369 e. The highest BCUT2D eigenvalue weighted by Crippen LogP contribution is 2.34. The van der Waals surface area contributed by atoms with E-state index in [4.69, 9.17) is 0 Å². The largest absolute Gasteiger partial charge is 0.369 e. The van der Waals surface area contributed by atoms with Crippen LogP contribution < -0.4 is 10.2 Å². The Kier molecular flexibility index (Phi) is 4.14. The Labute approximate surface area is 116 Å². The Balaban J connectivity index is 2.16. The van der Waals surface area contributed by atoms with Crippen LogP contribution in [0.2, 0.25) is 0 Å². The molecule has 1 N–H and O–H groups in total. The molecule has 2 nitrogen and oxygen atoms in total. The van der Waals surface area contributed by atoms with E-state index in [1.807, 2.05) is 12.1 Å². The first-order chi connectivity index (χ1) is 8.93. The van der Waals surface area contributed by atoms with Gasteiger partial charge in [-0.05, 0) is 43.0 Å². The zero-order valence-electron chi connectivity index (χ0n) is 12.5. The van der Waals surface area contributed by atoms with Crippen LogP contribution in [0.3, 0.4) is 0 Å². The maximum absolute atomic E-state index is 14.3. The Morgan fingerprint density at radius 3 is 2.68 bits per heavy atom. The average molecular weight is 264 g/mol. The second-order valence-corrected chi connectivity index (χ2v) is 6.33. The van der Waals surface area contributed by atoms with Crippen molar-refractivity contribution in [2.24, 2.45) is 5.41 Å². The zero-order chi connectivity index (χ0) is 14.0. The van der Waals surface area contributed by atoms with E-state index >= 15 is 0 Å². The van der Waals surface area contributed by atoms with Gasteiger partial charge in [-0.1, -0.05) is 26.8 Å². The van der Waals surface area contributed by atoms with Crippen molar-refractivity contribution in [3.8, 4) is 0 Å². The van der Waals surface area contributed by atoms with Crippen LogP contribution in [0.1, 0.15) is 45.7 Å². The molecular weight excluding hydrogens is 239 g/mol. The van der Waals surface area contributed by atoms with Crippen molar-refractivity contribution in [1.29, 1.82) is 0 Å². The minimum atomic E-state index is -0.0973. The maximum Gasteiger partial charge on any atom is 0.146 e. The fourth-order valence-electron chi connectivity index (χ4n) is 2.79. The third-order valence-electron chi connectivity index (χ3n) is 4.00. The molecule has 1 aromatic rings. The second-order valence-electron chi connectivity index (χ2n) is 6.33. The monoisotopic (exact) mass is 264 g/mol. The summed E-state index contributed by atoms with van der Waals surface area (Å²) < 4.78 is 14.3. The summed E-state index contributed by atoms with van der Waals surface area (Å²) in [5, 5.41) is 3.31. The van der Waals surface area contributed by atoms with Gasteiger partial charge in [-0.2, -0.15) is 0 Å². The van der Waals surface area contributed by atoms with Crippen molar-refractivity contribution in [3.05, 3.63) is 29.6 Å². The SMILES string of the molecule is CCNC(C)c1ccc(N2CCC(C)(C)C2)c(F)c1. The van der Waals surface area contributed by atoms with Crippen molar-refractivity contribution in [1.82, 2.24) is 5.32 Å². The summed E-state index contributed by atoms with van der Waals surface area (Å²) in [4.78, 5) is 2.16. The zero-order valence-corrected chi connectivity index (χ0v) is 12.5. The highest BCUT2D eigenvalue weighted by atomic mass is 19.1. The minimum absolute atomic E-state index is 0.0973. The molecule has 1 aromatic carbocycles. The molecule has 1 fully saturated rings. The summed E-state index contributed by atoms with van der Waals surface area (Å²) in [5.74, 6) is -0.0973. The van der Waals surface area contributed by atoms with Gasteiger partial charge in [-0.3, -0.25) is 0 Å². The quantitative estimate of drug-likeness (QED) is 0.891. The smallest absolute Gasteiger partial charge is 0.146 e. The molecule has 0 radical (unpaired) electrons. The van der Waals surface area contributed by atoms with Crippen molar-refractivity contribution in [3.63, 3.8) is 0 Å². The van der Waals surface area contributed by atoms with Crippen molar-refractivity contribution < 1.29 is 4.39 Å². The molecule has 0 aliphatic carbocycles. The first-order valence-corrected chi connectivity index (χ1v) is 7.21.